The van der Waals surface area contributed by atoms with Gasteiger partial charge in [0.1, 0.15) is 18.2 Å². The fraction of sp³-hybridized carbons (Fsp3) is 0.0667. The molecular formula is C15H11FIN3O2. The summed E-state index contributed by atoms with van der Waals surface area (Å²) in [6.45, 7) is 0.364. The third-order valence-electron chi connectivity index (χ3n) is 2.93. The SMILES string of the molecule is Nc1nnc(-c2ccc(OCc3ccc(F)cc3)c(I)c2)o1. The summed E-state index contributed by atoms with van der Waals surface area (Å²) in [5.74, 6) is 0.822. The van der Waals surface area contributed by atoms with E-state index >= 15 is 0 Å². The van der Waals surface area contributed by atoms with Crippen LogP contribution < -0.4 is 10.5 Å². The molecule has 0 saturated carbocycles. The number of nitrogens with two attached hydrogens (primary N) is 1. The lowest BCUT2D eigenvalue weighted by atomic mass is 10.2. The van der Waals surface area contributed by atoms with E-state index in [0.717, 1.165) is 20.4 Å². The molecule has 0 fully saturated rings. The molecule has 7 heteroatoms. The van der Waals surface area contributed by atoms with Crippen LogP contribution in [0.15, 0.2) is 46.9 Å². The third kappa shape index (κ3) is 3.35. The topological polar surface area (TPSA) is 74.2 Å². The number of ether oxygens (including phenoxy) is 1. The van der Waals surface area contributed by atoms with E-state index in [1.165, 1.54) is 12.1 Å². The molecule has 0 aliphatic heterocycles. The third-order valence-corrected chi connectivity index (χ3v) is 3.77. The average molecular weight is 411 g/mol. The Kier molecular flexibility index (Phi) is 4.23. The Hall–Kier alpha value is -2.16. The van der Waals surface area contributed by atoms with E-state index in [-0.39, 0.29) is 11.8 Å². The van der Waals surface area contributed by atoms with Gasteiger partial charge in [-0.15, -0.1) is 5.10 Å². The summed E-state index contributed by atoms with van der Waals surface area (Å²) in [7, 11) is 0. The highest BCUT2D eigenvalue weighted by molar-refractivity contribution is 14.1. The maximum atomic E-state index is 12.9. The molecule has 0 saturated heterocycles. The largest absolute Gasteiger partial charge is 0.488 e. The summed E-state index contributed by atoms with van der Waals surface area (Å²) in [4.78, 5) is 0. The minimum Gasteiger partial charge on any atom is -0.488 e. The lowest BCUT2D eigenvalue weighted by Gasteiger charge is -2.09. The molecule has 0 bridgehead atoms. The van der Waals surface area contributed by atoms with E-state index in [0.29, 0.717) is 12.5 Å². The molecule has 3 aromatic rings. The van der Waals surface area contributed by atoms with E-state index < -0.39 is 0 Å². The Morgan fingerprint density at radius 3 is 2.55 bits per heavy atom. The van der Waals surface area contributed by atoms with Crippen molar-refractivity contribution in [1.82, 2.24) is 10.2 Å². The highest BCUT2D eigenvalue weighted by Gasteiger charge is 2.10. The first-order valence-corrected chi connectivity index (χ1v) is 7.46. The zero-order valence-electron chi connectivity index (χ0n) is 11.3. The summed E-state index contributed by atoms with van der Waals surface area (Å²) in [6, 6.07) is 11.7. The van der Waals surface area contributed by atoms with Gasteiger partial charge < -0.3 is 14.9 Å². The van der Waals surface area contributed by atoms with Crippen LogP contribution in [-0.4, -0.2) is 10.2 Å². The van der Waals surface area contributed by atoms with Crippen molar-refractivity contribution < 1.29 is 13.5 Å². The van der Waals surface area contributed by atoms with Gasteiger partial charge in [-0.2, -0.15) is 0 Å². The monoisotopic (exact) mass is 411 g/mol. The molecule has 3 rings (SSSR count). The van der Waals surface area contributed by atoms with Crippen molar-refractivity contribution >= 4 is 28.6 Å². The first kappa shape index (κ1) is 14.8. The first-order chi connectivity index (χ1) is 10.6. The zero-order chi connectivity index (χ0) is 15.5. The molecule has 0 amide bonds. The van der Waals surface area contributed by atoms with E-state index in [2.05, 4.69) is 32.8 Å². The number of nitrogen functional groups attached to an aromatic ring is 1. The van der Waals surface area contributed by atoms with Gasteiger partial charge >= 0.3 is 6.01 Å². The Morgan fingerprint density at radius 2 is 1.91 bits per heavy atom. The van der Waals surface area contributed by atoms with Gasteiger partial charge in [-0.1, -0.05) is 17.2 Å². The van der Waals surface area contributed by atoms with Crippen molar-refractivity contribution in [3.8, 4) is 17.2 Å². The highest BCUT2D eigenvalue weighted by Crippen LogP contribution is 2.28. The number of hydrogen-bond donors (Lipinski definition) is 1. The van der Waals surface area contributed by atoms with Crippen molar-refractivity contribution in [3.05, 3.63) is 57.4 Å². The van der Waals surface area contributed by atoms with Crippen LogP contribution in [0.2, 0.25) is 0 Å². The number of hydrogen-bond acceptors (Lipinski definition) is 5. The van der Waals surface area contributed by atoms with Gasteiger partial charge in [0.2, 0.25) is 5.89 Å². The van der Waals surface area contributed by atoms with Crippen LogP contribution in [0, 0.1) is 9.39 Å². The minimum absolute atomic E-state index is 0.0293. The predicted molar refractivity (Wildman–Crippen MR) is 87.6 cm³/mol. The molecular weight excluding hydrogens is 400 g/mol. The molecule has 5 nitrogen and oxygen atoms in total. The van der Waals surface area contributed by atoms with Crippen molar-refractivity contribution in [2.75, 3.05) is 5.73 Å². The smallest absolute Gasteiger partial charge is 0.313 e. The summed E-state index contributed by atoms with van der Waals surface area (Å²) in [6.07, 6.45) is 0. The minimum atomic E-state index is -0.262. The van der Waals surface area contributed by atoms with E-state index in [4.69, 9.17) is 14.9 Å². The molecule has 22 heavy (non-hydrogen) atoms. The molecule has 2 N–H and O–H groups in total. The average Bonchev–Trinajstić information content (AvgIpc) is 2.94. The van der Waals surface area contributed by atoms with Crippen LogP contribution in [0.5, 0.6) is 5.75 Å². The summed E-state index contributed by atoms with van der Waals surface area (Å²) >= 11 is 2.16. The van der Waals surface area contributed by atoms with E-state index in [1.807, 2.05) is 18.2 Å². The molecule has 0 aliphatic carbocycles. The fourth-order valence-electron chi connectivity index (χ4n) is 1.84. The van der Waals surface area contributed by atoms with Gasteiger partial charge in [0.25, 0.3) is 0 Å². The standard InChI is InChI=1S/C15H11FIN3O2/c16-11-4-1-9(2-5-11)8-21-13-6-3-10(7-12(13)17)14-19-20-15(18)22-14/h1-7H,8H2,(H2,18,20). The molecule has 0 spiro atoms. The van der Waals surface area contributed by atoms with Crippen molar-refractivity contribution in [3.63, 3.8) is 0 Å². The lowest BCUT2D eigenvalue weighted by molar-refractivity contribution is 0.304. The predicted octanol–water partition coefficient (Wildman–Crippen LogP) is 3.64. The number of halogens is 2. The van der Waals surface area contributed by atoms with Gasteiger partial charge in [-0.25, -0.2) is 4.39 Å². The van der Waals surface area contributed by atoms with E-state index in [9.17, 15) is 4.39 Å². The van der Waals surface area contributed by atoms with Crippen LogP contribution >= 0.6 is 22.6 Å². The molecule has 0 radical (unpaired) electrons. The van der Waals surface area contributed by atoms with E-state index in [1.54, 1.807) is 12.1 Å². The molecule has 0 atom stereocenters. The van der Waals surface area contributed by atoms with Gasteiger partial charge in [-0.3, -0.25) is 0 Å². The zero-order valence-corrected chi connectivity index (χ0v) is 13.5. The second-order valence-electron chi connectivity index (χ2n) is 4.51. The van der Waals surface area contributed by atoms with Crippen molar-refractivity contribution in [2.24, 2.45) is 0 Å². The molecule has 1 aromatic heterocycles. The lowest BCUT2D eigenvalue weighted by Crippen LogP contribution is -1.97. The first-order valence-electron chi connectivity index (χ1n) is 6.38. The maximum Gasteiger partial charge on any atom is 0.313 e. The fourth-order valence-corrected chi connectivity index (χ4v) is 2.51. The van der Waals surface area contributed by atoms with Gasteiger partial charge in [0, 0.05) is 5.56 Å². The van der Waals surface area contributed by atoms with Crippen molar-refractivity contribution in [2.45, 2.75) is 6.61 Å². The van der Waals surface area contributed by atoms with Crippen LogP contribution in [0.1, 0.15) is 5.56 Å². The highest BCUT2D eigenvalue weighted by atomic mass is 127. The number of benzene rings is 2. The molecule has 112 valence electrons. The Morgan fingerprint density at radius 1 is 1.14 bits per heavy atom. The molecule has 0 unspecified atom stereocenters. The molecule has 2 aromatic carbocycles. The van der Waals surface area contributed by atoms with Gasteiger partial charge in [0.05, 0.1) is 3.57 Å². The summed E-state index contributed by atoms with van der Waals surface area (Å²) < 4.78 is 24.7. The summed E-state index contributed by atoms with van der Waals surface area (Å²) in [5.41, 5.74) is 7.07. The van der Waals surface area contributed by atoms with Crippen LogP contribution in [0.4, 0.5) is 10.4 Å². The Balaban J connectivity index is 1.73. The number of rotatable bonds is 4. The van der Waals surface area contributed by atoms with Crippen LogP contribution in [0.25, 0.3) is 11.5 Å². The summed E-state index contributed by atoms with van der Waals surface area (Å²) in [5, 5.41) is 7.46. The second-order valence-corrected chi connectivity index (χ2v) is 5.67. The van der Waals surface area contributed by atoms with Gasteiger partial charge in [-0.05, 0) is 58.5 Å². The second kappa shape index (κ2) is 6.30. The van der Waals surface area contributed by atoms with Crippen molar-refractivity contribution in [1.29, 1.82) is 0 Å². The Bertz CT molecular complexity index is 790. The normalized spacial score (nSPS) is 10.6. The number of nitrogens with zero attached hydrogens (tertiary/aromatic N) is 2. The van der Waals surface area contributed by atoms with Gasteiger partial charge in [0.15, 0.2) is 0 Å². The molecule has 1 heterocycles. The number of aromatic nitrogens is 2. The maximum absolute atomic E-state index is 12.9. The van der Waals surface area contributed by atoms with Crippen LogP contribution in [-0.2, 0) is 6.61 Å². The molecule has 0 aliphatic rings. The Labute approximate surface area is 139 Å². The number of anilines is 1. The quantitative estimate of drug-likeness (QED) is 0.664. The van der Waals surface area contributed by atoms with Crippen LogP contribution in [0.3, 0.4) is 0 Å².